The molecule has 3 rings (SSSR count). The molecule has 1 aromatic carbocycles. The minimum atomic E-state index is -0.814. The summed E-state index contributed by atoms with van der Waals surface area (Å²) < 4.78 is 5.60. The van der Waals surface area contributed by atoms with Crippen LogP contribution in [0.25, 0.3) is 0 Å². The molecule has 4 nitrogen and oxygen atoms in total. The Kier molecular flexibility index (Phi) is 2.36. The lowest BCUT2D eigenvalue weighted by Gasteiger charge is -2.28. The van der Waals surface area contributed by atoms with E-state index in [2.05, 4.69) is 4.98 Å². The first-order valence-electron chi connectivity index (χ1n) is 5.85. The maximum absolute atomic E-state index is 6.51. The van der Waals surface area contributed by atoms with Gasteiger partial charge in [-0.25, -0.2) is 0 Å². The molecule has 1 aromatic heterocycles. The summed E-state index contributed by atoms with van der Waals surface area (Å²) in [5, 5.41) is 0. The van der Waals surface area contributed by atoms with E-state index in [0.717, 1.165) is 11.1 Å². The molecule has 0 fully saturated rings. The maximum atomic E-state index is 6.51. The van der Waals surface area contributed by atoms with Crippen LogP contribution in [-0.2, 0) is 5.54 Å². The van der Waals surface area contributed by atoms with Crippen molar-refractivity contribution in [1.82, 2.24) is 4.98 Å². The van der Waals surface area contributed by atoms with Gasteiger partial charge in [-0.05, 0) is 18.6 Å². The van der Waals surface area contributed by atoms with E-state index in [1.165, 1.54) is 5.56 Å². The fourth-order valence-electron chi connectivity index (χ4n) is 2.35. The summed E-state index contributed by atoms with van der Waals surface area (Å²) in [6.45, 7) is 2.04. The highest BCUT2D eigenvalue weighted by molar-refractivity contribution is 5.49. The summed E-state index contributed by atoms with van der Waals surface area (Å²) in [7, 11) is 0. The van der Waals surface area contributed by atoms with Crippen LogP contribution in [0.15, 0.2) is 42.7 Å². The molecule has 0 spiro atoms. The standard InChI is InChI=1S/C14H15N3O/c1-9-2-4-10(5-3-9)14(16)11-6-7-17-8-12(11)18-13(14)15/h2-8,13H,15-16H2,1H3. The van der Waals surface area contributed by atoms with Gasteiger partial charge in [-0.15, -0.1) is 0 Å². The van der Waals surface area contributed by atoms with Gasteiger partial charge in [-0.3, -0.25) is 10.7 Å². The lowest BCUT2D eigenvalue weighted by Crippen LogP contribution is -2.52. The fraction of sp³-hybridized carbons (Fsp3) is 0.214. The summed E-state index contributed by atoms with van der Waals surface area (Å²) in [5.41, 5.74) is 14.8. The van der Waals surface area contributed by atoms with Gasteiger partial charge in [0.1, 0.15) is 11.3 Å². The maximum Gasteiger partial charge on any atom is 0.174 e. The molecule has 0 radical (unpaired) electrons. The van der Waals surface area contributed by atoms with Gasteiger partial charge in [0.25, 0.3) is 0 Å². The molecule has 4 heteroatoms. The van der Waals surface area contributed by atoms with E-state index in [1.54, 1.807) is 12.4 Å². The van der Waals surface area contributed by atoms with Crippen molar-refractivity contribution in [2.75, 3.05) is 0 Å². The number of hydrogen-bond acceptors (Lipinski definition) is 4. The molecule has 0 amide bonds. The molecule has 0 aliphatic carbocycles. The second kappa shape index (κ2) is 3.80. The minimum absolute atomic E-state index is 0.598. The number of benzene rings is 1. The third-order valence-electron chi connectivity index (χ3n) is 3.46. The Hall–Kier alpha value is -1.91. The van der Waals surface area contributed by atoms with Crippen LogP contribution >= 0.6 is 0 Å². The number of nitrogens with two attached hydrogens (primary N) is 2. The highest BCUT2D eigenvalue weighted by Gasteiger charge is 2.45. The Morgan fingerprint density at radius 2 is 1.94 bits per heavy atom. The molecule has 18 heavy (non-hydrogen) atoms. The molecule has 1 aliphatic heterocycles. The van der Waals surface area contributed by atoms with E-state index < -0.39 is 11.8 Å². The molecule has 2 heterocycles. The van der Waals surface area contributed by atoms with Crippen LogP contribution in [0.3, 0.4) is 0 Å². The largest absolute Gasteiger partial charge is 0.471 e. The van der Waals surface area contributed by atoms with Gasteiger partial charge in [0.05, 0.1) is 6.20 Å². The molecule has 92 valence electrons. The van der Waals surface area contributed by atoms with Crippen molar-refractivity contribution in [2.24, 2.45) is 11.5 Å². The first-order chi connectivity index (χ1) is 8.62. The second-order valence-corrected chi connectivity index (χ2v) is 4.65. The quantitative estimate of drug-likeness (QED) is 0.788. The zero-order valence-corrected chi connectivity index (χ0v) is 10.1. The van der Waals surface area contributed by atoms with E-state index in [0.29, 0.717) is 5.75 Å². The Morgan fingerprint density at radius 1 is 1.22 bits per heavy atom. The first kappa shape index (κ1) is 11.2. The van der Waals surface area contributed by atoms with Gasteiger partial charge in [0.15, 0.2) is 6.23 Å². The number of hydrogen-bond donors (Lipinski definition) is 2. The number of rotatable bonds is 1. The van der Waals surface area contributed by atoms with Crippen LogP contribution in [0.2, 0.25) is 0 Å². The van der Waals surface area contributed by atoms with Crippen molar-refractivity contribution in [3.63, 3.8) is 0 Å². The SMILES string of the molecule is Cc1ccc(C2(N)c3ccncc3OC2N)cc1. The minimum Gasteiger partial charge on any atom is -0.471 e. The van der Waals surface area contributed by atoms with E-state index in [9.17, 15) is 0 Å². The molecular weight excluding hydrogens is 226 g/mol. The summed E-state index contributed by atoms with van der Waals surface area (Å²) in [4.78, 5) is 4.03. The summed E-state index contributed by atoms with van der Waals surface area (Å²) >= 11 is 0. The van der Waals surface area contributed by atoms with E-state index in [-0.39, 0.29) is 0 Å². The molecule has 0 saturated heterocycles. The zero-order valence-electron chi connectivity index (χ0n) is 10.1. The highest BCUT2D eigenvalue weighted by Crippen LogP contribution is 2.41. The van der Waals surface area contributed by atoms with Crippen LogP contribution in [0.1, 0.15) is 16.7 Å². The van der Waals surface area contributed by atoms with E-state index in [1.807, 2.05) is 37.3 Å². The summed E-state index contributed by atoms with van der Waals surface area (Å²) in [6, 6.07) is 9.90. The smallest absolute Gasteiger partial charge is 0.174 e. The van der Waals surface area contributed by atoms with Gasteiger partial charge in [0, 0.05) is 11.8 Å². The number of fused-ring (bicyclic) bond motifs is 1. The summed E-state index contributed by atoms with van der Waals surface area (Å²) in [5.74, 6) is 0.660. The Labute approximate surface area is 106 Å². The molecule has 0 bridgehead atoms. The molecule has 0 saturated carbocycles. The lowest BCUT2D eigenvalue weighted by atomic mass is 9.84. The van der Waals surface area contributed by atoms with Gasteiger partial charge >= 0.3 is 0 Å². The monoisotopic (exact) mass is 241 g/mol. The van der Waals surface area contributed by atoms with Crippen molar-refractivity contribution in [1.29, 1.82) is 0 Å². The van der Waals surface area contributed by atoms with Crippen LogP contribution in [0.4, 0.5) is 0 Å². The number of nitrogens with zero attached hydrogens (tertiary/aromatic N) is 1. The van der Waals surface area contributed by atoms with E-state index >= 15 is 0 Å². The number of ether oxygens (including phenoxy) is 1. The Bertz CT molecular complexity index is 582. The van der Waals surface area contributed by atoms with Gasteiger partial charge < -0.3 is 10.5 Å². The third-order valence-corrected chi connectivity index (χ3v) is 3.46. The van der Waals surface area contributed by atoms with Crippen molar-refractivity contribution >= 4 is 0 Å². The second-order valence-electron chi connectivity index (χ2n) is 4.65. The van der Waals surface area contributed by atoms with Crippen molar-refractivity contribution < 1.29 is 4.74 Å². The predicted octanol–water partition coefficient (Wildman–Crippen LogP) is 1.27. The number of aryl methyl sites for hydroxylation is 1. The van der Waals surface area contributed by atoms with Crippen LogP contribution in [-0.4, -0.2) is 11.2 Å². The van der Waals surface area contributed by atoms with Crippen molar-refractivity contribution in [2.45, 2.75) is 18.7 Å². The van der Waals surface area contributed by atoms with Gasteiger partial charge in [-0.2, -0.15) is 0 Å². The van der Waals surface area contributed by atoms with Gasteiger partial charge in [0.2, 0.25) is 0 Å². The Morgan fingerprint density at radius 3 is 2.67 bits per heavy atom. The summed E-state index contributed by atoms with van der Waals surface area (Å²) in [6.07, 6.45) is 2.76. The lowest BCUT2D eigenvalue weighted by molar-refractivity contribution is 0.177. The van der Waals surface area contributed by atoms with Crippen LogP contribution in [0, 0.1) is 6.92 Å². The number of pyridine rings is 1. The van der Waals surface area contributed by atoms with Crippen molar-refractivity contribution in [3.8, 4) is 5.75 Å². The van der Waals surface area contributed by atoms with Crippen LogP contribution in [0.5, 0.6) is 5.75 Å². The topological polar surface area (TPSA) is 74.2 Å². The van der Waals surface area contributed by atoms with Crippen molar-refractivity contribution in [3.05, 3.63) is 59.4 Å². The average molecular weight is 241 g/mol. The molecule has 2 unspecified atom stereocenters. The predicted molar refractivity (Wildman–Crippen MR) is 69.0 cm³/mol. The van der Waals surface area contributed by atoms with E-state index in [4.69, 9.17) is 16.2 Å². The Balaban J connectivity index is 2.17. The first-order valence-corrected chi connectivity index (χ1v) is 5.85. The zero-order chi connectivity index (χ0) is 12.8. The molecule has 4 N–H and O–H groups in total. The average Bonchev–Trinajstić information content (AvgIpc) is 2.64. The third kappa shape index (κ3) is 1.43. The van der Waals surface area contributed by atoms with Crippen LogP contribution < -0.4 is 16.2 Å². The van der Waals surface area contributed by atoms with Gasteiger partial charge in [-0.1, -0.05) is 29.8 Å². The molecular formula is C14H15N3O. The molecule has 2 atom stereocenters. The molecule has 2 aromatic rings. The fourth-order valence-corrected chi connectivity index (χ4v) is 2.35. The normalized spacial score (nSPS) is 25.6. The number of aromatic nitrogens is 1. The molecule has 1 aliphatic rings. The highest BCUT2D eigenvalue weighted by atomic mass is 16.5.